The summed E-state index contributed by atoms with van der Waals surface area (Å²) >= 11 is 4.02. The van der Waals surface area contributed by atoms with E-state index in [1.807, 2.05) is 26.0 Å². The number of benzene rings is 1. The molecular formula is C26H40N3O4S3+. The lowest BCUT2D eigenvalue weighted by Gasteiger charge is -2.50. The van der Waals surface area contributed by atoms with Crippen LogP contribution in [0, 0.1) is 17.3 Å². The third-order valence-electron chi connectivity index (χ3n) is 8.75. The zero-order chi connectivity index (χ0) is 26.1. The van der Waals surface area contributed by atoms with E-state index in [1.54, 1.807) is 10.8 Å². The minimum atomic E-state index is -0.549. The zero-order valence-electron chi connectivity index (χ0n) is 21.3. The molecule has 200 valence electrons. The molecule has 0 saturated heterocycles. The molecule has 5 unspecified atom stereocenters. The highest BCUT2D eigenvalue weighted by atomic mass is 33.1. The van der Waals surface area contributed by atoms with Gasteiger partial charge in [0.15, 0.2) is 0 Å². The molecule has 0 radical (unpaired) electrons. The standard InChI is InChI=1S/C26H39N3O4S3/c1-25(2,22(29-34)23(27)31)36-35-13-12-28-24(32)33-21-9-8-20-19-6-4-15-14-16(30)5-7-17(15)18(19)10-11-26(20,21)3/h5,7,14,18-22,29-30,34H,4,6,8-13H2,1-3H3,(H2,27,31)(H,28,32)/p+1/t18?,19?,20?,21?,22-,26?/m1/s1. The van der Waals surface area contributed by atoms with E-state index in [9.17, 15) is 14.7 Å². The summed E-state index contributed by atoms with van der Waals surface area (Å²) in [6.45, 7) is 6.74. The average molecular weight is 555 g/mol. The van der Waals surface area contributed by atoms with Crippen LogP contribution >= 0.6 is 23.6 Å². The number of ether oxygens (including phenoxy) is 1. The number of aromatic hydroxyl groups is 1. The molecule has 1 aromatic rings. The van der Waals surface area contributed by atoms with Gasteiger partial charge in [-0.15, -0.1) is 0 Å². The van der Waals surface area contributed by atoms with E-state index in [0.29, 0.717) is 30.0 Å². The number of phenolic OH excluding ortho intramolecular Hbond substituents is 1. The van der Waals surface area contributed by atoms with Gasteiger partial charge in [0.2, 0.25) is 5.91 Å². The molecule has 7 nitrogen and oxygen atoms in total. The van der Waals surface area contributed by atoms with Crippen LogP contribution in [0.5, 0.6) is 5.75 Å². The quantitative estimate of drug-likeness (QED) is 0.137. The van der Waals surface area contributed by atoms with Gasteiger partial charge in [-0.1, -0.05) is 25.8 Å². The summed E-state index contributed by atoms with van der Waals surface area (Å²) in [5.41, 5.74) is 8.20. The Labute approximate surface area is 227 Å². The number of phenols is 1. The molecule has 2 saturated carbocycles. The van der Waals surface area contributed by atoms with Crippen molar-refractivity contribution >= 4 is 46.4 Å². The van der Waals surface area contributed by atoms with Crippen molar-refractivity contribution < 1.29 is 19.4 Å². The molecule has 0 aliphatic heterocycles. The van der Waals surface area contributed by atoms with Crippen molar-refractivity contribution in [3.8, 4) is 5.75 Å². The number of fused-ring (bicyclic) bond motifs is 5. The Morgan fingerprint density at radius 1 is 1.33 bits per heavy atom. The van der Waals surface area contributed by atoms with Crippen LogP contribution in [0.2, 0.25) is 0 Å². The number of carbonyl (C=O) groups excluding carboxylic acids is 2. The molecule has 3 aliphatic rings. The lowest BCUT2D eigenvalue weighted by Crippen LogP contribution is -2.50. The van der Waals surface area contributed by atoms with Crippen molar-refractivity contribution in [2.45, 2.75) is 82.1 Å². The molecular weight excluding hydrogens is 515 g/mol. The van der Waals surface area contributed by atoms with Gasteiger partial charge in [-0.05, 0) is 93.4 Å². The average Bonchev–Trinajstić information content (AvgIpc) is 3.14. The topological polar surface area (TPSA) is 114 Å². The van der Waals surface area contributed by atoms with Crippen LogP contribution in [-0.4, -0.2) is 46.3 Å². The Balaban J connectivity index is 1.26. The number of rotatable bonds is 9. The highest BCUT2D eigenvalue weighted by Gasteiger charge is 2.56. The largest absolute Gasteiger partial charge is 0.508 e. The minimum Gasteiger partial charge on any atom is -0.508 e. The van der Waals surface area contributed by atoms with Gasteiger partial charge in [-0.25, -0.2) is 4.79 Å². The SMILES string of the molecule is CC12CCC3c4ccc(O)cc4CCC3C1CCC2OC(=O)NCC[SH+]SC(C)(C)[C@H](NS)C(N)=O. The molecule has 4 rings (SSSR count). The predicted molar refractivity (Wildman–Crippen MR) is 151 cm³/mol. The lowest BCUT2D eigenvalue weighted by molar-refractivity contribution is -0.120. The van der Waals surface area contributed by atoms with Crippen molar-refractivity contribution in [1.29, 1.82) is 0 Å². The molecule has 0 heterocycles. The number of hydrogen-bond donors (Lipinski definition) is 5. The van der Waals surface area contributed by atoms with Crippen molar-refractivity contribution in [2.75, 3.05) is 12.3 Å². The number of nitrogens with two attached hydrogens (primary N) is 1. The van der Waals surface area contributed by atoms with Crippen molar-refractivity contribution in [2.24, 2.45) is 23.0 Å². The fourth-order valence-corrected chi connectivity index (χ4v) is 10.2. The van der Waals surface area contributed by atoms with Gasteiger partial charge in [-0.2, -0.15) is 0 Å². The van der Waals surface area contributed by atoms with Gasteiger partial charge in [0.25, 0.3) is 0 Å². The van der Waals surface area contributed by atoms with Gasteiger partial charge in [-0.3, -0.25) is 9.52 Å². The molecule has 0 bridgehead atoms. The summed E-state index contributed by atoms with van der Waals surface area (Å²) < 4.78 is 8.28. The summed E-state index contributed by atoms with van der Waals surface area (Å²) in [4.78, 5) is 24.3. The number of aryl methyl sites for hydroxylation is 1. The van der Waals surface area contributed by atoms with Crippen LogP contribution in [0.15, 0.2) is 18.2 Å². The van der Waals surface area contributed by atoms with E-state index in [2.05, 4.69) is 35.8 Å². The monoisotopic (exact) mass is 554 g/mol. The van der Waals surface area contributed by atoms with Crippen LogP contribution in [0.1, 0.15) is 69.9 Å². The lowest BCUT2D eigenvalue weighted by atomic mass is 9.55. The van der Waals surface area contributed by atoms with Crippen LogP contribution < -0.4 is 15.8 Å². The first kappa shape index (κ1) is 27.8. The van der Waals surface area contributed by atoms with Crippen LogP contribution in [-0.2, 0) is 26.7 Å². The van der Waals surface area contributed by atoms with E-state index < -0.39 is 16.7 Å². The number of hydrogen-bond acceptors (Lipinski definition) is 7. The van der Waals surface area contributed by atoms with Crippen LogP contribution in [0.3, 0.4) is 0 Å². The maximum atomic E-state index is 12.6. The number of nitrogens with one attached hydrogen (secondary N) is 2. The number of carbonyl (C=O) groups is 2. The number of thiol groups is 2. The van der Waals surface area contributed by atoms with Gasteiger partial charge >= 0.3 is 6.09 Å². The second-order valence-electron chi connectivity index (χ2n) is 11.3. The van der Waals surface area contributed by atoms with Gasteiger partial charge < -0.3 is 20.9 Å². The van der Waals surface area contributed by atoms with Gasteiger partial charge in [0.05, 0.1) is 22.1 Å². The normalized spacial score (nSPS) is 30.0. The Morgan fingerprint density at radius 3 is 2.83 bits per heavy atom. The Hall–Kier alpha value is -1.23. The van der Waals surface area contributed by atoms with E-state index in [0.717, 1.165) is 55.1 Å². The van der Waals surface area contributed by atoms with E-state index in [1.165, 1.54) is 11.1 Å². The second-order valence-corrected chi connectivity index (χ2v) is 14.8. The predicted octanol–water partition coefficient (Wildman–Crippen LogP) is 3.87. The van der Waals surface area contributed by atoms with Crippen molar-refractivity contribution in [1.82, 2.24) is 10.0 Å². The maximum absolute atomic E-state index is 12.6. The fourth-order valence-electron chi connectivity index (χ4n) is 6.92. The summed E-state index contributed by atoms with van der Waals surface area (Å²) in [7, 11) is 2.64. The smallest absolute Gasteiger partial charge is 0.407 e. The second kappa shape index (κ2) is 11.3. The third kappa shape index (κ3) is 5.61. The molecule has 2 amide bonds. The molecule has 0 spiro atoms. The fraction of sp³-hybridized carbons (Fsp3) is 0.692. The summed E-state index contributed by atoms with van der Waals surface area (Å²) in [5, 5.41) is 12.8. The van der Waals surface area contributed by atoms with E-state index >= 15 is 0 Å². The molecule has 3 aliphatic carbocycles. The third-order valence-corrected chi connectivity index (χ3v) is 12.6. The summed E-state index contributed by atoms with van der Waals surface area (Å²) in [6.07, 6.45) is 5.97. The molecule has 36 heavy (non-hydrogen) atoms. The summed E-state index contributed by atoms with van der Waals surface area (Å²) in [5.74, 6) is 2.39. The number of alkyl carbamates (subject to hydrolysis) is 1. The van der Waals surface area contributed by atoms with Gasteiger partial charge in [0.1, 0.15) is 23.6 Å². The molecule has 10 heteroatoms. The minimum absolute atomic E-state index is 0.0225. The first-order chi connectivity index (χ1) is 17.1. The Bertz CT molecular complexity index is 978. The summed E-state index contributed by atoms with van der Waals surface area (Å²) in [6, 6.07) is 5.34. The highest BCUT2D eigenvalue weighted by molar-refractivity contribution is 8.66. The van der Waals surface area contributed by atoms with Crippen molar-refractivity contribution in [3.63, 3.8) is 0 Å². The molecule has 0 aromatic heterocycles. The number of amides is 2. The van der Waals surface area contributed by atoms with Crippen molar-refractivity contribution in [3.05, 3.63) is 29.3 Å². The maximum Gasteiger partial charge on any atom is 0.407 e. The van der Waals surface area contributed by atoms with Crippen LogP contribution in [0.25, 0.3) is 0 Å². The molecule has 2 fully saturated rings. The highest BCUT2D eigenvalue weighted by Crippen LogP contribution is 2.61. The Kier molecular flexibility index (Phi) is 8.69. The van der Waals surface area contributed by atoms with E-state index in [-0.39, 0.29) is 17.6 Å². The Morgan fingerprint density at radius 2 is 2.11 bits per heavy atom. The first-order valence-corrected chi connectivity index (χ1v) is 15.8. The zero-order valence-corrected chi connectivity index (χ0v) is 23.9. The van der Waals surface area contributed by atoms with Crippen LogP contribution in [0.4, 0.5) is 4.79 Å². The first-order valence-electron chi connectivity index (χ1n) is 12.9. The molecule has 6 atom stereocenters. The number of primary amides is 1. The molecule has 1 aromatic carbocycles. The van der Waals surface area contributed by atoms with Gasteiger partial charge in [0, 0.05) is 16.2 Å². The van der Waals surface area contributed by atoms with E-state index in [4.69, 9.17) is 10.5 Å². The molecule has 5 N–H and O–H groups in total.